The van der Waals surface area contributed by atoms with E-state index < -0.39 is 26.1 Å². The molecule has 6 nitrogen and oxygen atoms in total. The molecule has 27 heavy (non-hydrogen) atoms. The summed E-state index contributed by atoms with van der Waals surface area (Å²) in [7, 11) is -3.93. The van der Waals surface area contributed by atoms with Crippen molar-refractivity contribution in [1.82, 2.24) is 0 Å². The molecule has 0 unspecified atom stereocenters. The van der Waals surface area contributed by atoms with Gasteiger partial charge in [0.2, 0.25) is 0 Å². The van der Waals surface area contributed by atoms with Crippen molar-refractivity contribution in [3.05, 3.63) is 106 Å². The van der Waals surface area contributed by atoms with Crippen molar-refractivity contribution < 1.29 is 18.4 Å². The van der Waals surface area contributed by atoms with Crippen LogP contribution >= 0.6 is 0 Å². The number of aliphatic hydroxyl groups is 1. The van der Waals surface area contributed by atoms with Gasteiger partial charge < -0.3 is 5.11 Å². The van der Waals surface area contributed by atoms with Crippen molar-refractivity contribution >= 4 is 15.5 Å². The van der Waals surface area contributed by atoms with Crippen LogP contribution in [-0.2, 0) is 15.4 Å². The first kappa shape index (κ1) is 18.8. The van der Waals surface area contributed by atoms with Crippen molar-refractivity contribution in [3.8, 4) is 0 Å². The monoisotopic (exact) mass is 383 g/mol. The van der Waals surface area contributed by atoms with E-state index in [1.54, 1.807) is 60.7 Å². The summed E-state index contributed by atoms with van der Waals surface area (Å²) < 4.78 is 25.9. The number of rotatable bonds is 6. The van der Waals surface area contributed by atoms with Crippen LogP contribution in [0.25, 0.3) is 0 Å². The molecular weight excluding hydrogens is 366 g/mol. The van der Waals surface area contributed by atoms with Crippen LogP contribution in [0.1, 0.15) is 11.1 Å². The Bertz CT molecular complexity index is 993. The Morgan fingerprint density at radius 2 is 1.26 bits per heavy atom. The largest absolute Gasteiger partial charge is 0.379 e. The van der Waals surface area contributed by atoms with Crippen molar-refractivity contribution in [2.24, 2.45) is 0 Å². The molecule has 0 atom stereocenters. The van der Waals surface area contributed by atoms with Crippen molar-refractivity contribution in [3.63, 3.8) is 0 Å². The van der Waals surface area contributed by atoms with Crippen LogP contribution in [0.4, 0.5) is 5.69 Å². The standard InChI is InChI=1S/C20H17NO5S/c22-20(16-7-3-1-4-8-16,17-9-5-2-6-10-17)15-27(25,26)19-13-11-18(12-14-19)21(23)24/h1-14,22H,15H2. The molecule has 0 saturated carbocycles. The first-order valence-corrected chi connectivity index (χ1v) is 9.79. The zero-order valence-corrected chi connectivity index (χ0v) is 15.0. The van der Waals surface area contributed by atoms with Crippen LogP contribution < -0.4 is 0 Å². The molecule has 0 aromatic heterocycles. The van der Waals surface area contributed by atoms with E-state index in [-0.39, 0.29) is 10.6 Å². The second kappa shape index (κ2) is 7.30. The average molecular weight is 383 g/mol. The maximum absolute atomic E-state index is 12.9. The second-order valence-electron chi connectivity index (χ2n) is 6.10. The number of sulfone groups is 1. The summed E-state index contributed by atoms with van der Waals surface area (Å²) in [6, 6.07) is 21.8. The number of nitro benzene ring substituents is 1. The van der Waals surface area contributed by atoms with Gasteiger partial charge in [-0.05, 0) is 23.3 Å². The van der Waals surface area contributed by atoms with Gasteiger partial charge in [-0.15, -0.1) is 0 Å². The van der Waals surface area contributed by atoms with Crippen LogP contribution in [0.3, 0.4) is 0 Å². The van der Waals surface area contributed by atoms with E-state index in [4.69, 9.17) is 0 Å². The highest BCUT2D eigenvalue weighted by atomic mass is 32.2. The third-order valence-electron chi connectivity index (χ3n) is 4.31. The molecule has 0 radical (unpaired) electrons. The highest BCUT2D eigenvalue weighted by Gasteiger charge is 2.37. The number of nitrogens with zero attached hydrogens (tertiary/aromatic N) is 1. The zero-order valence-electron chi connectivity index (χ0n) is 14.2. The van der Waals surface area contributed by atoms with Gasteiger partial charge in [-0.25, -0.2) is 8.42 Å². The molecule has 0 heterocycles. The van der Waals surface area contributed by atoms with Gasteiger partial charge in [0.15, 0.2) is 9.84 Å². The zero-order chi connectivity index (χ0) is 19.5. The van der Waals surface area contributed by atoms with Gasteiger partial charge in [-0.1, -0.05) is 60.7 Å². The first-order valence-electron chi connectivity index (χ1n) is 8.13. The summed E-state index contributed by atoms with van der Waals surface area (Å²) >= 11 is 0. The summed E-state index contributed by atoms with van der Waals surface area (Å²) in [4.78, 5) is 10.1. The number of hydrogen-bond acceptors (Lipinski definition) is 5. The molecule has 0 amide bonds. The first-order chi connectivity index (χ1) is 12.8. The minimum atomic E-state index is -3.93. The summed E-state index contributed by atoms with van der Waals surface area (Å²) in [6.45, 7) is 0. The number of non-ortho nitro benzene ring substituents is 1. The third kappa shape index (κ3) is 3.89. The average Bonchev–Trinajstić information content (AvgIpc) is 2.69. The Kier molecular flexibility index (Phi) is 5.07. The van der Waals surface area contributed by atoms with Gasteiger partial charge in [0.1, 0.15) is 5.60 Å². The van der Waals surface area contributed by atoms with Crippen molar-refractivity contribution in [2.45, 2.75) is 10.5 Å². The molecule has 7 heteroatoms. The van der Waals surface area contributed by atoms with E-state index in [0.29, 0.717) is 11.1 Å². The lowest BCUT2D eigenvalue weighted by Gasteiger charge is -2.29. The highest BCUT2D eigenvalue weighted by Crippen LogP contribution is 2.33. The third-order valence-corrected chi connectivity index (χ3v) is 6.10. The Labute approximate surface area is 156 Å². The Morgan fingerprint density at radius 1 is 0.815 bits per heavy atom. The van der Waals surface area contributed by atoms with Gasteiger partial charge in [0.05, 0.1) is 15.6 Å². The van der Waals surface area contributed by atoms with Gasteiger partial charge in [0.25, 0.3) is 5.69 Å². The summed E-state index contributed by atoms with van der Waals surface area (Å²) in [5, 5.41) is 22.2. The Morgan fingerprint density at radius 3 is 1.67 bits per heavy atom. The maximum Gasteiger partial charge on any atom is 0.269 e. The van der Waals surface area contributed by atoms with Gasteiger partial charge >= 0.3 is 0 Å². The lowest BCUT2D eigenvalue weighted by molar-refractivity contribution is -0.384. The number of nitro groups is 1. The Hall–Kier alpha value is -3.03. The molecule has 3 aromatic carbocycles. The fraction of sp³-hybridized carbons (Fsp3) is 0.100. The maximum atomic E-state index is 12.9. The summed E-state index contributed by atoms with van der Waals surface area (Å²) in [6.07, 6.45) is 0. The van der Waals surface area contributed by atoms with Gasteiger partial charge in [-0.3, -0.25) is 10.1 Å². The molecule has 0 bridgehead atoms. The van der Waals surface area contributed by atoms with Crippen molar-refractivity contribution in [2.75, 3.05) is 5.75 Å². The van der Waals surface area contributed by atoms with Crippen LogP contribution in [0.2, 0.25) is 0 Å². The van der Waals surface area contributed by atoms with E-state index >= 15 is 0 Å². The molecule has 0 aliphatic carbocycles. The molecule has 0 aliphatic heterocycles. The molecular formula is C20H17NO5S. The van der Waals surface area contributed by atoms with E-state index in [1.165, 1.54) is 12.1 Å². The minimum Gasteiger partial charge on any atom is -0.379 e. The fourth-order valence-electron chi connectivity index (χ4n) is 2.89. The van der Waals surface area contributed by atoms with Gasteiger partial charge in [0, 0.05) is 12.1 Å². The topological polar surface area (TPSA) is 97.5 Å². The molecule has 0 fully saturated rings. The van der Waals surface area contributed by atoms with E-state index in [2.05, 4.69) is 0 Å². The second-order valence-corrected chi connectivity index (χ2v) is 8.09. The molecule has 3 rings (SSSR count). The van der Waals surface area contributed by atoms with Crippen molar-refractivity contribution in [1.29, 1.82) is 0 Å². The molecule has 0 aliphatic rings. The quantitative estimate of drug-likeness (QED) is 0.520. The predicted molar refractivity (Wildman–Crippen MR) is 101 cm³/mol. The molecule has 3 aromatic rings. The van der Waals surface area contributed by atoms with Gasteiger partial charge in [-0.2, -0.15) is 0 Å². The van der Waals surface area contributed by atoms with Crippen LogP contribution in [-0.4, -0.2) is 24.2 Å². The fourth-order valence-corrected chi connectivity index (χ4v) is 4.50. The predicted octanol–water partition coefficient (Wildman–Crippen LogP) is 3.30. The molecule has 0 saturated heterocycles. The normalized spacial score (nSPS) is 11.9. The van der Waals surface area contributed by atoms with Crippen LogP contribution in [0.5, 0.6) is 0 Å². The number of benzene rings is 3. The summed E-state index contributed by atoms with van der Waals surface area (Å²) in [5.74, 6) is -0.591. The lowest BCUT2D eigenvalue weighted by atomic mass is 9.88. The Balaban J connectivity index is 2.05. The lowest BCUT2D eigenvalue weighted by Crippen LogP contribution is -2.35. The minimum absolute atomic E-state index is 0.0848. The van der Waals surface area contributed by atoms with Crippen LogP contribution in [0, 0.1) is 10.1 Å². The summed E-state index contributed by atoms with van der Waals surface area (Å²) in [5.41, 5.74) is -1.07. The molecule has 138 valence electrons. The number of hydrogen-bond donors (Lipinski definition) is 1. The highest BCUT2D eigenvalue weighted by molar-refractivity contribution is 7.91. The SMILES string of the molecule is O=[N+]([O-])c1ccc(S(=O)(=O)CC(O)(c2ccccc2)c2ccccc2)cc1. The van der Waals surface area contributed by atoms with Crippen LogP contribution in [0.15, 0.2) is 89.8 Å². The van der Waals surface area contributed by atoms with E-state index in [0.717, 1.165) is 12.1 Å². The smallest absolute Gasteiger partial charge is 0.269 e. The van der Waals surface area contributed by atoms with E-state index in [1.807, 2.05) is 0 Å². The molecule has 0 spiro atoms. The molecule has 1 N–H and O–H groups in total. The van der Waals surface area contributed by atoms with E-state index in [9.17, 15) is 23.6 Å².